The third-order valence-corrected chi connectivity index (χ3v) is 13.9. The van der Waals surface area contributed by atoms with Gasteiger partial charge in [-0.25, -0.2) is 0 Å². The van der Waals surface area contributed by atoms with Crippen molar-refractivity contribution in [1.82, 2.24) is 5.32 Å². The first kappa shape index (κ1) is 64.4. The first-order valence-electron chi connectivity index (χ1n) is 29.2. The summed E-state index contributed by atoms with van der Waals surface area (Å²) < 4.78 is 11.2. The van der Waals surface area contributed by atoms with Crippen LogP contribution in [0.3, 0.4) is 0 Å². The fourth-order valence-electron chi connectivity index (χ4n) is 9.29. The molecule has 0 aromatic rings. The van der Waals surface area contributed by atoms with Crippen LogP contribution in [0.25, 0.3) is 0 Å². The number of aliphatic hydroxyl groups excluding tert-OH is 5. The van der Waals surface area contributed by atoms with Crippen molar-refractivity contribution in [3.05, 3.63) is 36.5 Å². The van der Waals surface area contributed by atoms with Gasteiger partial charge in [-0.2, -0.15) is 0 Å². The van der Waals surface area contributed by atoms with E-state index < -0.39 is 49.5 Å². The minimum atomic E-state index is -1.57. The van der Waals surface area contributed by atoms with Gasteiger partial charge in [-0.3, -0.25) is 4.79 Å². The van der Waals surface area contributed by atoms with Crippen LogP contribution in [0.2, 0.25) is 0 Å². The molecule has 1 aliphatic rings. The molecule has 1 aliphatic heterocycles. The lowest BCUT2D eigenvalue weighted by atomic mass is 9.99. The number of carbonyl (C=O) groups is 1. The Labute approximate surface area is 419 Å². The van der Waals surface area contributed by atoms with Gasteiger partial charge in [0.1, 0.15) is 24.4 Å². The Morgan fingerprint density at radius 1 is 0.485 bits per heavy atom. The van der Waals surface area contributed by atoms with Crippen LogP contribution in [0.4, 0.5) is 0 Å². The van der Waals surface area contributed by atoms with E-state index >= 15 is 0 Å². The molecule has 1 saturated heterocycles. The molecule has 1 rings (SSSR count). The molecule has 6 N–H and O–H groups in total. The van der Waals surface area contributed by atoms with Gasteiger partial charge in [0, 0.05) is 6.42 Å². The van der Waals surface area contributed by atoms with E-state index in [-0.39, 0.29) is 12.5 Å². The number of hydrogen-bond acceptors (Lipinski definition) is 8. The average Bonchev–Trinajstić information content (AvgIpc) is 3.34. The van der Waals surface area contributed by atoms with Crippen molar-refractivity contribution < 1.29 is 39.8 Å². The zero-order chi connectivity index (χ0) is 49.4. The molecule has 1 amide bonds. The molecule has 9 heteroatoms. The van der Waals surface area contributed by atoms with Crippen LogP contribution in [0.5, 0.6) is 0 Å². The van der Waals surface area contributed by atoms with E-state index in [0.29, 0.717) is 6.42 Å². The first-order chi connectivity index (χ1) is 33.3. The molecule has 400 valence electrons. The summed E-state index contributed by atoms with van der Waals surface area (Å²) in [7, 11) is 0. The highest BCUT2D eigenvalue weighted by atomic mass is 16.7. The Balaban J connectivity index is 2.09. The van der Waals surface area contributed by atoms with Crippen LogP contribution < -0.4 is 5.32 Å². The van der Waals surface area contributed by atoms with Gasteiger partial charge in [0.2, 0.25) is 5.91 Å². The second kappa shape index (κ2) is 49.0. The molecule has 0 bridgehead atoms. The number of allylic oxidation sites excluding steroid dienone is 5. The molecule has 7 atom stereocenters. The predicted molar refractivity (Wildman–Crippen MR) is 286 cm³/mol. The summed E-state index contributed by atoms with van der Waals surface area (Å²) in [5.41, 5.74) is 0. The molecule has 1 fully saturated rings. The second-order valence-corrected chi connectivity index (χ2v) is 20.4. The monoisotopic (exact) mass is 962 g/mol. The van der Waals surface area contributed by atoms with E-state index in [1.54, 1.807) is 6.08 Å². The topological polar surface area (TPSA) is 149 Å². The van der Waals surface area contributed by atoms with E-state index in [2.05, 4.69) is 43.5 Å². The SMILES string of the molecule is CCCCCCCC/C=C/CC/C=C/C(O)C(COC1OC(CO)C(O)C(O)C1O)NC(=O)CCCCCCCCCCCCCCCCCCCCCCC/C=C\CCCCCCCCCC. The quantitative estimate of drug-likeness (QED) is 0.0261. The molecule has 0 aromatic carbocycles. The molecule has 68 heavy (non-hydrogen) atoms. The van der Waals surface area contributed by atoms with Gasteiger partial charge in [0.15, 0.2) is 6.29 Å². The maximum absolute atomic E-state index is 13.0. The summed E-state index contributed by atoms with van der Waals surface area (Å²) in [4.78, 5) is 13.0. The normalized spacial score (nSPS) is 19.8. The van der Waals surface area contributed by atoms with Crippen molar-refractivity contribution in [2.75, 3.05) is 13.2 Å². The number of aliphatic hydroxyl groups is 5. The van der Waals surface area contributed by atoms with Gasteiger partial charge in [-0.05, 0) is 57.8 Å². The fourth-order valence-corrected chi connectivity index (χ4v) is 9.29. The number of rotatable bonds is 50. The lowest BCUT2D eigenvalue weighted by Crippen LogP contribution is -2.60. The Morgan fingerprint density at radius 3 is 1.24 bits per heavy atom. The zero-order valence-corrected chi connectivity index (χ0v) is 44.4. The molecule has 7 unspecified atom stereocenters. The molecule has 0 aliphatic carbocycles. The van der Waals surface area contributed by atoms with Crippen LogP contribution in [-0.4, -0.2) is 87.5 Å². The molecule has 0 saturated carbocycles. The van der Waals surface area contributed by atoms with E-state index in [1.807, 2.05) is 6.08 Å². The average molecular weight is 963 g/mol. The highest BCUT2D eigenvalue weighted by Crippen LogP contribution is 2.23. The summed E-state index contributed by atoms with van der Waals surface area (Å²) in [5.74, 6) is -0.184. The number of hydrogen-bond donors (Lipinski definition) is 6. The largest absolute Gasteiger partial charge is 0.394 e. The Bertz CT molecular complexity index is 1160. The minimum absolute atomic E-state index is 0.184. The summed E-state index contributed by atoms with van der Waals surface area (Å²) in [5, 5.41) is 54.3. The lowest BCUT2D eigenvalue weighted by molar-refractivity contribution is -0.302. The van der Waals surface area contributed by atoms with Crippen LogP contribution in [0.1, 0.15) is 277 Å². The van der Waals surface area contributed by atoms with Crippen molar-refractivity contribution in [2.45, 2.75) is 320 Å². The van der Waals surface area contributed by atoms with Gasteiger partial charge in [-0.15, -0.1) is 0 Å². The molecular formula is C59H111NO8. The fraction of sp³-hybridized carbons (Fsp3) is 0.881. The molecule has 0 aromatic heterocycles. The van der Waals surface area contributed by atoms with Crippen molar-refractivity contribution >= 4 is 5.91 Å². The zero-order valence-electron chi connectivity index (χ0n) is 44.4. The molecule has 0 radical (unpaired) electrons. The molecular weight excluding hydrogens is 851 g/mol. The number of amides is 1. The van der Waals surface area contributed by atoms with Gasteiger partial charge >= 0.3 is 0 Å². The third-order valence-electron chi connectivity index (χ3n) is 13.9. The maximum atomic E-state index is 13.0. The first-order valence-corrected chi connectivity index (χ1v) is 29.2. The standard InChI is InChI=1S/C59H111NO8/c1-3-5-7-9-11-13-15-17-18-19-20-21-22-23-24-25-26-27-28-29-30-31-32-33-34-35-36-37-39-41-43-45-47-49-55(63)60-52(51-67-59-58(66)57(65)56(64)54(50-61)68-59)53(62)48-46-44-42-40-38-16-14-12-10-8-6-4-2/h19-20,38,40,46,48,52-54,56-59,61-62,64-66H,3-18,21-37,39,41-45,47,49-51H2,1-2H3,(H,60,63)/b20-19-,40-38+,48-46+. The molecule has 1 heterocycles. The van der Waals surface area contributed by atoms with Gasteiger partial charge in [-0.1, -0.05) is 249 Å². The number of carbonyl (C=O) groups excluding carboxylic acids is 1. The Hall–Kier alpha value is -1.59. The van der Waals surface area contributed by atoms with E-state index in [4.69, 9.17) is 9.47 Å². The Kier molecular flexibility index (Phi) is 46.4. The summed E-state index contributed by atoms with van der Waals surface area (Å²) in [6, 6.07) is -0.818. The van der Waals surface area contributed by atoms with E-state index in [0.717, 1.165) is 38.5 Å². The number of nitrogens with one attached hydrogen (secondary N) is 1. The minimum Gasteiger partial charge on any atom is -0.394 e. The van der Waals surface area contributed by atoms with Crippen molar-refractivity contribution in [1.29, 1.82) is 0 Å². The predicted octanol–water partition coefficient (Wildman–Crippen LogP) is 14.4. The smallest absolute Gasteiger partial charge is 0.220 e. The summed E-state index contributed by atoms with van der Waals surface area (Å²) in [6.07, 6.45) is 56.7. The Morgan fingerprint density at radius 2 is 0.838 bits per heavy atom. The van der Waals surface area contributed by atoms with Crippen molar-refractivity contribution in [3.8, 4) is 0 Å². The van der Waals surface area contributed by atoms with Crippen LogP contribution >= 0.6 is 0 Å². The highest BCUT2D eigenvalue weighted by molar-refractivity contribution is 5.76. The molecule has 0 spiro atoms. The van der Waals surface area contributed by atoms with Crippen molar-refractivity contribution in [3.63, 3.8) is 0 Å². The van der Waals surface area contributed by atoms with Crippen LogP contribution in [-0.2, 0) is 14.3 Å². The van der Waals surface area contributed by atoms with Crippen LogP contribution in [0.15, 0.2) is 36.5 Å². The number of unbranched alkanes of at least 4 members (excludes halogenated alkanes) is 36. The summed E-state index contributed by atoms with van der Waals surface area (Å²) in [6.45, 7) is 3.76. The number of ether oxygens (including phenoxy) is 2. The van der Waals surface area contributed by atoms with E-state index in [1.165, 1.54) is 218 Å². The molecule has 9 nitrogen and oxygen atoms in total. The second-order valence-electron chi connectivity index (χ2n) is 20.4. The maximum Gasteiger partial charge on any atom is 0.220 e. The third kappa shape index (κ3) is 38.1. The lowest BCUT2D eigenvalue weighted by Gasteiger charge is -2.40. The van der Waals surface area contributed by atoms with Crippen LogP contribution in [0, 0.1) is 0 Å². The van der Waals surface area contributed by atoms with Gasteiger partial charge in [0.05, 0.1) is 25.4 Å². The van der Waals surface area contributed by atoms with Gasteiger partial charge < -0.3 is 40.3 Å². The van der Waals surface area contributed by atoms with Gasteiger partial charge in [0.25, 0.3) is 0 Å². The highest BCUT2D eigenvalue weighted by Gasteiger charge is 2.44. The van der Waals surface area contributed by atoms with E-state index in [9.17, 15) is 30.3 Å². The van der Waals surface area contributed by atoms with Crippen molar-refractivity contribution in [2.24, 2.45) is 0 Å². The summed E-state index contributed by atoms with van der Waals surface area (Å²) >= 11 is 0.